The summed E-state index contributed by atoms with van der Waals surface area (Å²) in [4.78, 5) is 57.6. The van der Waals surface area contributed by atoms with Gasteiger partial charge >= 0.3 is 12.1 Å². The summed E-state index contributed by atoms with van der Waals surface area (Å²) < 4.78 is 6.54. The highest BCUT2D eigenvalue weighted by molar-refractivity contribution is 5.97. The molecule has 3 aromatic rings. The van der Waals surface area contributed by atoms with Crippen molar-refractivity contribution in [3.8, 4) is 16.9 Å². The smallest absolute Gasteiger partial charge is 0.409 e. The first kappa shape index (κ1) is 27.3. The molecule has 3 heterocycles. The first-order valence-corrected chi connectivity index (χ1v) is 12.7. The second-order valence-electron chi connectivity index (χ2n) is 8.89. The number of benzene rings is 1. The summed E-state index contributed by atoms with van der Waals surface area (Å²) in [5, 5.41) is 16.1. The Morgan fingerprint density at radius 3 is 2.36 bits per heavy atom. The molecule has 204 valence electrons. The maximum atomic E-state index is 13.4. The average molecular weight is 535 g/mol. The molecule has 1 aromatic carbocycles. The van der Waals surface area contributed by atoms with Crippen LogP contribution in [0.3, 0.4) is 0 Å². The number of pyridine rings is 1. The minimum absolute atomic E-state index is 0.0575. The van der Waals surface area contributed by atoms with Crippen LogP contribution in [0.4, 0.5) is 4.79 Å². The Morgan fingerprint density at radius 1 is 1.00 bits per heavy atom. The third kappa shape index (κ3) is 6.98. The van der Waals surface area contributed by atoms with Gasteiger partial charge < -0.3 is 25.0 Å². The van der Waals surface area contributed by atoms with Gasteiger partial charge in [-0.3, -0.25) is 14.4 Å². The zero-order valence-corrected chi connectivity index (χ0v) is 21.5. The van der Waals surface area contributed by atoms with Gasteiger partial charge in [0, 0.05) is 45.0 Å². The molecule has 4 rings (SSSR count). The van der Waals surface area contributed by atoms with E-state index in [2.05, 4.69) is 15.4 Å². The van der Waals surface area contributed by atoms with Crippen molar-refractivity contribution >= 4 is 23.9 Å². The fraction of sp³-hybridized carbons (Fsp3) is 0.333. The number of ether oxygens (including phenoxy) is 1. The van der Waals surface area contributed by atoms with Crippen LogP contribution >= 0.6 is 0 Å². The summed E-state index contributed by atoms with van der Waals surface area (Å²) >= 11 is 0. The summed E-state index contributed by atoms with van der Waals surface area (Å²) in [6, 6.07) is 13.5. The summed E-state index contributed by atoms with van der Waals surface area (Å²) in [6.07, 6.45) is 2.45. The minimum Gasteiger partial charge on any atom is -0.481 e. The second-order valence-corrected chi connectivity index (χ2v) is 8.89. The summed E-state index contributed by atoms with van der Waals surface area (Å²) in [5.74, 6) is -1.70. The number of piperazine rings is 1. The van der Waals surface area contributed by atoms with Gasteiger partial charge in [0.15, 0.2) is 5.82 Å². The van der Waals surface area contributed by atoms with E-state index in [4.69, 9.17) is 4.74 Å². The van der Waals surface area contributed by atoms with Gasteiger partial charge in [0.1, 0.15) is 11.7 Å². The number of carbonyl (C=O) groups is 4. The number of rotatable bonds is 9. The molecule has 3 amide bonds. The number of amides is 3. The Kier molecular flexibility index (Phi) is 8.87. The van der Waals surface area contributed by atoms with Crippen molar-refractivity contribution in [2.75, 3.05) is 32.8 Å². The fourth-order valence-corrected chi connectivity index (χ4v) is 4.25. The third-order valence-corrected chi connectivity index (χ3v) is 6.26. The predicted molar refractivity (Wildman–Crippen MR) is 140 cm³/mol. The van der Waals surface area contributed by atoms with Gasteiger partial charge in [-0.15, -0.1) is 0 Å². The van der Waals surface area contributed by atoms with Crippen molar-refractivity contribution in [3.63, 3.8) is 0 Å². The molecule has 0 spiro atoms. The molecule has 12 nitrogen and oxygen atoms in total. The number of carboxylic acid groups (broad SMARTS) is 1. The van der Waals surface area contributed by atoms with Gasteiger partial charge in [0.2, 0.25) is 5.91 Å². The van der Waals surface area contributed by atoms with Crippen LogP contribution in [0.1, 0.15) is 30.3 Å². The topological polar surface area (TPSA) is 147 Å². The molecule has 2 N–H and O–H groups in total. The van der Waals surface area contributed by atoms with Crippen LogP contribution in [0.5, 0.6) is 0 Å². The zero-order valence-electron chi connectivity index (χ0n) is 21.5. The predicted octanol–water partition coefficient (Wildman–Crippen LogP) is 2.20. The molecule has 0 bridgehead atoms. The normalized spacial score (nSPS) is 14.0. The van der Waals surface area contributed by atoms with Gasteiger partial charge in [0.25, 0.3) is 5.91 Å². The van der Waals surface area contributed by atoms with E-state index >= 15 is 0 Å². The van der Waals surface area contributed by atoms with Gasteiger partial charge in [-0.2, -0.15) is 5.10 Å². The largest absolute Gasteiger partial charge is 0.481 e. The monoisotopic (exact) mass is 534 g/mol. The van der Waals surface area contributed by atoms with Crippen molar-refractivity contribution in [1.82, 2.24) is 29.9 Å². The zero-order chi connectivity index (χ0) is 27.8. The van der Waals surface area contributed by atoms with Crippen LogP contribution in [0.15, 0.2) is 60.9 Å². The first-order valence-electron chi connectivity index (χ1n) is 12.7. The molecule has 0 radical (unpaired) electrons. The lowest BCUT2D eigenvalue weighted by molar-refractivity contribution is -0.138. The molecular formula is C27H30N6O6. The highest BCUT2D eigenvalue weighted by atomic mass is 16.6. The Balaban J connectivity index is 1.55. The highest BCUT2D eigenvalue weighted by Gasteiger charge is 2.31. The van der Waals surface area contributed by atoms with E-state index in [1.165, 1.54) is 14.5 Å². The number of aromatic nitrogens is 3. The highest BCUT2D eigenvalue weighted by Crippen LogP contribution is 2.22. The van der Waals surface area contributed by atoms with E-state index in [1.54, 1.807) is 37.5 Å². The van der Waals surface area contributed by atoms with Crippen molar-refractivity contribution in [1.29, 1.82) is 0 Å². The molecule has 1 saturated heterocycles. The van der Waals surface area contributed by atoms with Crippen molar-refractivity contribution in [3.05, 3.63) is 66.6 Å². The Morgan fingerprint density at radius 2 is 1.72 bits per heavy atom. The summed E-state index contributed by atoms with van der Waals surface area (Å²) in [7, 11) is 0. The molecule has 39 heavy (non-hydrogen) atoms. The lowest BCUT2D eigenvalue weighted by Gasteiger charge is -2.35. The third-order valence-electron chi connectivity index (χ3n) is 6.26. The van der Waals surface area contributed by atoms with E-state index < -0.39 is 29.9 Å². The Bertz CT molecular complexity index is 1310. The van der Waals surface area contributed by atoms with Crippen molar-refractivity contribution in [2.45, 2.75) is 25.8 Å². The summed E-state index contributed by atoms with van der Waals surface area (Å²) in [5.41, 5.74) is 1.65. The van der Waals surface area contributed by atoms with Crippen molar-refractivity contribution in [2.24, 2.45) is 0 Å². The van der Waals surface area contributed by atoms with Crippen LogP contribution in [-0.2, 0) is 14.3 Å². The number of aliphatic carboxylic acids is 1. The Hall–Kier alpha value is -4.74. The van der Waals surface area contributed by atoms with Crippen LogP contribution in [0.2, 0.25) is 0 Å². The number of carbonyl (C=O) groups excluding carboxylic acids is 3. The van der Waals surface area contributed by atoms with Gasteiger partial charge in [-0.1, -0.05) is 30.3 Å². The number of nitrogens with zero attached hydrogens (tertiary/aromatic N) is 5. The van der Waals surface area contributed by atoms with Crippen LogP contribution in [0.25, 0.3) is 16.9 Å². The first-order chi connectivity index (χ1) is 18.9. The molecule has 1 fully saturated rings. The molecule has 1 aliphatic heterocycles. The standard InChI is InChI=1S/C27H30N6O6/c1-2-39-27(38)32-15-13-31(14-16-32)26(37)21(9-10-24(34)35)30-25(36)22-17-20(19-7-4-3-5-8-19)18-23(29-22)33-12-6-11-28-33/h3-8,11-12,17-18,21H,2,9-10,13-16H2,1H3,(H,30,36)(H,34,35). The Labute approximate surface area is 225 Å². The molecule has 1 atom stereocenters. The molecule has 1 aliphatic rings. The molecular weight excluding hydrogens is 504 g/mol. The number of nitrogens with one attached hydrogen (secondary N) is 1. The second kappa shape index (κ2) is 12.7. The molecule has 1 unspecified atom stereocenters. The van der Waals surface area contributed by atoms with E-state index in [1.807, 2.05) is 30.3 Å². The SMILES string of the molecule is CCOC(=O)N1CCN(C(=O)C(CCC(=O)O)NC(=O)c2cc(-c3ccccc3)cc(-n3cccn3)n2)CC1. The van der Waals surface area contributed by atoms with Gasteiger partial charge in [-0.25, -0.2) is 14.5 Å². The van der Waals surface area contributed by atoms with E-state index in [-0.39, 0.29) is 51.3 Å². The summed E-state index contributed by atoms with van der Waals surface area (Å²) in [6.45, 7) is 3.00. The minimum atomic E-state index is -1.09. The molecule has 0 saturated carbocycles. The van der Waals surface area contributed by atoms with Crippen molar-refractivity contribution < 1.29 is 29.0 Å². The maximum absolute atomic E-state index is 13.4. The lowest BCUT2D eigenvalue weighted by atomic mass is 10.0. The number of hydrogen-bond donors (Lipinski definition) is 2. The van der Waals surface area contributed by atoms with Crippen LogP contribution in [0, 0.1) is 0 Å². The van der Waals surface area contributed by atoms with Crippen LogP contribution < -0.4 is 5.32 Å². The van der Waals surface area contributed by atoms with E-state index in [0.717, 1.165) is 11.1 Å². The quantitative estimate of drug-likeness (QED) is 0.425. The average Bonchev–Trinajstić information content (AvgIpc) is 3.50. The molecule has 0 aliphatic carbocycles. The van der Waals surface area contributed by atoms with Crippen LogP contribution in [-0.4, -0.2) is 92.4 Å². The fourth-order valence-electron chi connectivity index (χ4n) is 4.25. The van der Waals surface area contributed by atoms with Gasteiger partial charge in [0.05, 0.1) is 6.61 Å². The molecule has 12 heteroatoms. The molecule has 2 aromatic heterocycles. The number of carboxylic acids is 1. The number of hydrogen-bond acceptors (Lipinski definition) is 7. The van der Waals surface area contributed by atoms with E-state index in [0.29, 0.717) is 5.82 Å². The van der Waals surface area contributed by atoms with E-state index in [9.17, 15) is 24.3 Å². The maximum Gasteiger partial charge on any atom is 0.409 e. The lowest BCUT2D eigenvalue weighted by Crippen LogP contribution is -2.56. The van der Waals surface area contributed by atoms with Gasteiger partial charge in [-0.05, 0) is 42.7 Å².